The predicted octanol–water partition coefficient (Wildman–Crippen LogP) is 18.2. The summed E-state index contributed by atoms with van der Waals surface area (Å²) in [4.78, 5) is 2.53. The molecule has 338 valence electrons. The second kappa shape index (κ2) is 15.3. The molecule has 3 aliphatic carbocycles. The molecule has 2 nitrogen and oxygen atoms in total. The van der Waals surface area contributed by atoms with Gasteiger partial charge in [-0.2, -0.15) is 0 Å². The normalized spacial score (nSPS) is 13.9. The van der Waals surface area contributed by atoms with Gasteiger partial charge in [0, 0.05) is 38.8 Å². The van der Waals surface area contributed by atoms with E-state index in [0.29, 0.717) is 0 Å². The molecular weight excluding hydrogens is 869 g/mol. The van der Waals surface area contributed by atoms with Gasteiger partial charge in [0.15, 0.2) is 0 Å². The van der Waals surface area contributed by atoms with E-state index in [1.165, 1.54) is 111 Å². The lowest BCUT2D eigenvalue weighted by Crippen LogP contribution is -2.29. The number of aromatic nitrogens is 1. The average Bonchev–Trinajstić information content (AvgIpc) is 4.00. The van der Waals surface area contributed by atoms with E-state index in [-0.39, 0.29) is 5.41 Å². The summed E-state index contributed by atoms with van der Waals surface area (Å²) in [6, 6.07) is 95.5. The molecule has 0 radical (unpaired) electrons. The molecule has 0 N–H and O–H groups in total. The Hall–Kier alpha value is -8.98. The van der Waals surface area contributed by atoms with Gasteiger partial charge >= 0.3 is 0 Å². The lowest BCUT2D eigenvalue weighted by molar-refractivity contribution is 0.660. The van der Waals surface area contributed by atoms with Crippen LogP contribution in [0.1, 0.15) is 47.2 Å². The minimum absolute atomic E-state index is 0.166. The Bertz CT molecular complexity index is 4070. The molecule has 0 saturated carbocycles. The molecule has 11 aromatic carbocycles. The number of nitrogens with zero attached hydrogens (tertiary/aromatic N) is 2. The van der Waals surface area contributed by atoms with Gasteiger partial charge < -0.3 is 9.47 Å². The highest BCUT2D eigenvalue weighted by molar-refractivity contribution is 6.09. The van der Waals surface area contributed by atoms with Crippen LogP contribution in [0.4, 0.5) is 17.1 Å². The van der Waals surface area contributed by atoms with Gasteiger partial charge in [-0.3, -0.25) is 0 Å². The molecule has 0 amide bonds. The standard InChI is InChI=1S/C70H48N2/c1-69(2)59-26-11-5-22-54(59)55-43-42-49(44-64(55)69)71(47-38-34-45(35-39-47)46-36-40-48(41-37-46)72-65-31-15-9-23-56(65)57-24-10-16-32-66(57)72)67-33-17-30-63-68(67)58-25-8-14-29-62(58)70(63)60-27-12-6-20-52(60)50-18-3-4-19-51(50)53-21-7-13-28-61(53)70/h3-44H,1-2H3. The third-order valence-corrected chi connectivity index (χ3v) is 16.4. The summed E-state index contributed by atoms with van der Waals surface area (Å²) in [5.74, 6) is 0. The first-order chi connectivity index (χ1) is 35.5. The summed E-state index contributed by atoms with van der Waals surface area (Å²) < 4.78 is 2.39. The molecule has 0 fully saturated rings. The SMILES string of the molecule is CC1(C)c2ccccc2-c2ccc(N(c3ccc(-c4ccc(-n5c6ccccc6c6ccccc65)cc4)cc3)c3cccc4c3-c3ccccc3C43c4ccccc4-c4ccccc4-c4ccccc43)cc21. The molecule has 0 unspecified atom stereocenters. The second-order valence-electron chi connectivity index (χ2n) is 20.3. The molecule has 0 saturated heterocycles. The lowest BCUT2D eigenvalue weighted by atomic mass is 9.66. The Balaban J connectivity index is 0.929. The van der Waals surface area contributed by atoms with Gasteiger partial charge in [-0.1, -0.05) is 214 Å². The van der Waals surface area contributed by atoms with Crippen molar-refractivity contribution in [1.29, 1.82) is 0 Å². The van der Waals surface area contributed by atoms with E-state index in [2.05, 4.69) is 278 Å². The molecule has 3 aliphatic rings. The van der Waals surface area contributed by atoms with Gasteiger partial charge in [-0.25, -0.2) is 0 Å². The van der Waals surface area contributed by atoms with Crippen molar-refractivity contribution in [2.24, 2.45) is 0 Å². The Labute approximate surface area is 420 Å². The first-order valence-corrected chi connectivity index (χ1v) is 25.3. The summed E-state index contributed by atoms with van der Waals surface area (Å²) in [5.41, 5.74) is 26.8. The summed E-state index contributed by atoms with van der Waals surface area (Å²) in [6.45, 7) is 4.76. The first kappa shape index (κ1) is 40.9. The molecule has 72 heavy (non-hydrogen) atoms. The average molecular weight is 917 g/mol. The number of hydrogen-bond acceptors (Lipinski definition) is 1. The Kier molecular flexibility index (Phi) is 8.66. The highest BCUT2D eigenvalue weighted by Crippen LogP contribution is 2.64. The first-order valence-electron chi connectivity index (χ1n) is 25.3. The van der Waals surface area contributed by atoms with Crippen molar-refractivity contribution in [3.63, 3.8) is 0 Å². The van der Waals surface area contributed by atoms with Gasteiger partial charge in [0.1, 0.15) is 0 Å². The molecule has 1 spiro atoms. The van der Waals surface area contributed by atoms with Gasteiger partial charge in [-0.15, -0.1) is 0 Å². The molecule has 0 atom stereocenters. The van der Waals surface area contributed by atoms with Crippen molar-refractivity contribution >= 4 is 38.9 Å². The minimum atomic E-state index is -0.587. The fourth-order valence-corrected chi connectivity index (χ4v) is 13.3. The fourth-order valence-electron chi connectivity index (χ4n) is 13.3. The van der Waals surface area contributed by atoms with E-state index >= 15 is 0 Å². The van der Waals surface area contributed by atoms with E-state index in [0.717, 1.165) is 22.7 Å². The van der Waals surface area contributed by atoms with Gasteiger partial charge in [-0.05, 0) is 138 Å². The molecule has 12 aromatic rings. The van der Waals surface area contributed by atoms with Crippen molar-refractivity contribution in [2.75, 3.05) is 4.90 Å². The predicted molar refractivity (Wildman–Crippen MR) is 300 cm³/mol. The van der Waals surface area contributed by atoms with E-state index in [4.69, 9.17) is 0 Å². The van der Waals surface area contributed by atoms with Crippen molar-refractivity contribution in [3.8, 4) is 61.3 Å². The van der Waals surface area contributed by atoms with Crippen LogP contribution in [0.5, 0.6) is 0 Å². The molecule has 2 heteroatoms. The van der Waals surface area contributed by atoms with Crippen LogP contribution < -0.4 is 4.90 Å². The number of para-hydroxylation sites is 2. The maximum Gasteiger partial charge on any atom is 0.0726 e. The van der Waals surface area contributed by atoms with E-state index in [1.54, 1.807) is 0 Å². The maximum absolute atomic E-state index is 2.53. The van der Waals surface area contributed by atoms with Crippen LogP contribution in [-0.4, -0.2) is 4.57 Å². The second-order valence-corrected chi connectivity index (χ2v) is 20.3. The fraction of sp³-hybridized carbons (Fsp3) is 0.0571. The van der Waals surface area contributed by atoms with Gasteiger partial charge in [0.25, 0.3) is 0 Å². The zero-order valence-electron chi connectivity index (χ0n) is 40.1. The number of benzene rings is 11. The molecule has 0 aliphatic heterocycles. The number of hydrogen-bond donors (Lipinski definition) is 0. The Morgan fingerprint density at radius 1 is 0.319 bits per heavy atom. The molecule has 1 aromatic heterocycles. The lowest BCUT2D eigenvalue weighted by Gasteiger charge is -2.36. The molecular formula is C70H48N2. The molecule has 0 bridgehead atoms. The van der Waals surface area contributed by atoms with Crippen LogP contribution in [0, 0.1) is 0 Å². The number of anilines is 3. The number of rotatable bonds is 5. The van der Waals surface area contributed by atoms with Gasteiger partial charge in [0.05, 0.1) is 22.1 Å². The van der Waals surface area contributed by atoms with Crippen LogP contribution >= 0.6 is 0 Å². The van der Waals surface area contributed by atoms with Gasteiger partial charge in [0.2, 0.25) is 0 Å². The van der Waals surface area contributed by atoms with Crippen molar-refractivity contribution in [3.05, 3.63) is 288 Å². The summed E-state index contributed by atoms with van der Waals surface area (Å²) >= 11 is 0. The van der Waals surface area contributed by atoms with E-state index in [1.807, 2.05) is 0 Å². The molecule has 15 rings (SSSR count). The van der Waals surface area contributed by atoms with E-state index in [9.17, 15) is 0 Å². The van der Waals surface area contributed by atoms with Crippen molar-refractivity contribution < 1.29 is 0 Å². The Morgan fingerprint density at radius 2 is 0.750 bits per heavy atom. The monoisotopic (exact) mass is 916 g/mol. The highest BCUT2D eigenvalue weighted by atomic mass is 15.1. The zero-order valence-corrected chi connectivity index (χ0v) is 40.1. The van der Waals surface area contributed by atoms with E-state index < -0.39 is 5.41 Å². The maximum atomic E-state index is 2.53. The van der Waals surface area contributed by atoms with Crippen molar-refractivity contribution in [2.45, 2.75) is 24.7 Å². The third-order valence-electron chi connectivity index (χ3n) is 16.4. The topological polar surface area (TPSA) is 8.17 Å². The van der Waals surface area contributed by atoms with Crippen LogP contribution in [0.25, 0.3) is 83.1 Å². The van der Waals surface area contributed by atoms with Crippen LogP contribution in [0.15, 0.2) is 255 Å². The summed E-state index contributed by atoms with van der Waals surface area (Å²) in [7, 11) is 0. The number of fused-ring (bicyclic) bond motifs is 18. The van der Waals surface area contributed by atoms with Crippen molar-refractivity contribution in [1.82, 2.24) is 4.57 Å². The smallest absolute Gasteiger partial charge is 0.0726 e. The van der Waals surface area contributed by atoms with Crippen LogP contribution in [0.2, 0.25) is 0 Å². The quantitative estimate of drug-likeness (QED) is 0.167. The summed E-state index contributed by atoms with van der Waals surface area (Å²) in [5, 5.41) is 2.54. The Morgan fingerprint density at radius 3 is 1.35 bits per heavy atom. The minimum Gasteiger partial charge on any atom is -0.310 e. The van der Waals surface area contributed by atoms with Crippen LogP contribution in [0.3, 0.4) is 0 Å². The summed E-state index contributed by atoms with van der Waals surface area (Å²) in [6.07, 6.45) is 0. The van der Waals surface area contributed by atoms with Crippen LogP contribution in [-0.2, 0) is 10.8 Å². The third kappa shape index (κ3) is 5.55. The highest BCUT2D eigenvalue weighted by Gasteiger charge is 2.50. The molecule has 1 heterocycles. The largest absolute Gasteiger partial charge is 0.310 e. The zero-order chi connectivity index (χ0) is 47.7.